The van der Waals surface area contributed by atoms with Gasteiger partial charge in [0.2, 0.25) is 5.91 Å². The minimum Gasteiger partial charge on any atom is -0.459 e. The number of carbonyl (C=O) groups excluding carboxylic acids is 1. The number of para-hydroxylation sites is 1. The van der Waals surface area contributed by atoms with Crippen LogP contribution in [0.25, 0.3) is 11.0 Å². The molecule has 2 aromatic rings. The first-order valence-corrected chi connectivity index (χ1v) is 6.19. The van der Waals surface area contributed by atoms with E-state index in [9.17, 15) is 9.90 Å². The van der Waals surface area contributed by atoms with Crippen LogP contribution >= 0.6 is 0 Å². The lowest BCUT2D eigenvalue weighted by Crippen LogP contribution is -2.38. The van der Waals surface area contributed by atoms with Crippen molar-refractivity contribution in [1.29, 1.82) is 0 Å². The van der Waals surface area contributed by atoms with Crippen LogP contribution in [0.15, 0.2) is 28.7 Å². The van der Waals surface area contributed by atoms with Gasteiger partial charge < -0.3 is 20.6 Å². The third-order valence-electron chi connectivity index (χ3n) is 3.22. The first-order valence-electron chi connectivity index (χ1n) is 6.19. The highest BCUT2D eigenvalue weighted by molar-refractivity contribution is 5.82. The van der Waals surface area contributed by atoms with E-state index in [1.807, 2.05) is 38.1 Å². The zero-order valence-corrected chi connectivity index (χ0v) is 11.0. The predicted molar refractivity (Wildman–Crippen MR) is 72.6 cm³/mol. The molecule has 0 aliphatic rings. The Morgan fingerprint density at radius 3 is 2.79 bits per heavy atom. The Bertz CT molecular complexity index is 591. The number of hydrogen-bond acceptors (Lipinski definition) is 4. The maximum absolute atomic E-state index is 10.8. The first-order chi connectivity index (χ1) is 9.00. The van der Waals surface area contributed by atoms with Crippen LogP contribution in [0.4, 0.5) is 0 Å². The summed E-state index contributed by atoms with van der Waals surface area (Å²) in [6, 6.07) is 7.69. The zero-order chi connectivity index (χ0) is 14.0. The molecule has 0 fully saturated rings. The fourth-order valence-corrected chi connectivity index (χ4v) is 2.09. The minimum absolute atomic E-state index is 0.104. The van der Waals surface area contributed by atoms with Gasteiger partial charge in [-0.1, -0.05) is 18.2 Å². The van der Waals surface area contributed by atoms with Gasteiger partial charge in [0.1, 0.15) is 17.4 Å². The lowest BCUT2D eigenvalue weighted by atomic mass is 10.1. The average molecular weight is 262 g/mol. The van der Waals surface area contributed by atoms with Crippen molar-refractivity contribution in [3.8, 4) is 0 Å². The van der Waals surface area contributed by atoms with E-state index in [1.54, 1.807) is 0 Å². The normalized spacial score (nSPS) is 14.5. The maximum Gasteiger partial charge on any atom is 0.247 e. The summed E-state index contributed by atoms with van der Waals surface area (Å²) in [4.78, 5) is 10.8. The van der Waals surface area contributed by atoms with Crippen LogP contribution in [-0.2, 0) is 4.79 Å². The highest BCUT2D eigenvalue weighted by Gasteiger charge is 2.18. The highest BCUT2D eigenvalue weighted by atomic mass is 16.3. The Balaban J connectivity index is 2.15. The minimum atomic E-state index is -1.19. The molecule has 1 amide bonds. The molecule has 5 nitrogen and oxygen atoms in total. The third-order valence-corrected chi connectivity index (χ3v) is 3.22. The molecule has 0 aliphatic carbocycles. The first kappa shape index (κ1) is 13.6. The van der Waals surface area contributed by atoms with Gasteiger partial charge in [-0.2, -0.15) is 0 Å². The summed E-state index contributed by atoms with van der Waals surface area (Å²) < 4.78 is 5.79. The van der Waals surface area contributed by atoms with Gasteiger partial charge in [0.05, 0.1) is 6.04 Å². The van der Waals surface area contributed by atoms with Crippen LogP contribution < -0.4 is 11.1 Å². The molecule has 0 saturated heterocycles. The van der Waals surface area contributed by atoms with Gasteiger partial charge in [0.15, 0.2) is 0 Å². The number of rotatable bonds is 5. The van der Waals surface area contributed by atoms with Gasteiger partial charge in [0, 0.05) is 11.9 Å². The number of amides is 1. The van der Waals surface area contributed by atoms with E-state index in [-0.39, 0.29) is 12.6 Å². The fourth-order valence-electron chi connectivity index (χ4n) is 2.09. The van der Waals surface area contributed by atoms with Gasteiger partial charge in [-0.15, -0.1) is 0 Å². The van der Waals surface area contributed by atoms with Crippen LogP contribution in [-0.4, -0.2) is 23.7 Å². The van der Waals surface area contributed by atoms with E-state index in [4.69, 9.17) is 10.2 Å². The van der Waals surface area contributed by atoms with Gasteiger partial charge in [-0.25, -0.2) is 0 Å². The Labute approximate surface area is 111 Å². The summed E-state index contributed by atoms with van der Waals surface area (Å²) in [6.07, 6.45) is -1.19. The number of primary amides is 1. The number of fused-ring (bicyclic) bond motifs is 1. The summed E-state index contributed by atoms with van der Waals surface area (Å²) >= 11 is 0. The summed E-state index contributed by atoms with van der Waals surface area (Å²) in [5, 5.41) is 13.5. The smallest absolute Gasteiger partial charge is 0.247 e. The molecule has 1 aromatic carbocycles. The van der Waals surface area contributed by atoms with Crippen molar-refractivity contribution >= 4 is 16.9 Å². The van der Waals surface area contributed by atoms with Gasteiger partial charge >= 0.3 is 0 Å². The Hall–Kier alpha value is -1.85. The number of nitrogens with two attached hydrogens (primary N) is 1. The van der Waals surface area contributed by atoms with Gasteiger partial charge in [-0.05, 0) is 25.5 Å². The molecular weight excluding hydrogens is 244 g/mol. The van der Waals surface area contributed by atoms with Crippen LogP contribution in [0.1, 0.15) is 24.3 Å². The zero-order valence-electron chi connectivity index (χ0n) is 11.0. The monoisotopic (exact) mass is 262 g/mol. The van der Waals surface area contributed by atoms with Crippen molar-refractivity contribution in [2.45, 2.75) is 26.0 Å². The molecule has 2 atom stereocenters. The molecule has 0 aliphatic heterocycles. The van der Waals surface area contributed by atoms with E-state index >= 15 is 0 Å². The van der Waals surface area contributed by atoms with Crippen molar-refractivity contribution in [3.05, 3.63) is 35.6 Å². The number of furan rings is 1. The second-order valence-corrected chi connectivity index (χ2v) is 4.64. The number of aliphatic hydroxyl groups is 1. The van der Waals surface area contributed by atoms with Crippen LogP contribution in [0.3, 0.4) is 0 Å². The maximum atomic E-state index is 10.8. The average Bonchev–Trinajstić information content (AvgIpc) is 2.73. The van der Waals surface area contributed by atoms with E-state index in [2.05, 4.69) is 5.32 Å². The van der Waals surface area contributed by atoms with Crippen molar-refractivity contribution in [3.63, 3.8) is 0 Å². The summed E-state index contributed by atoms with van der Waals surface area (Å²) in [6.45, 7) is 4.01. The van der Waals surface area contributed by atoms with Gasteiger partial charge in [-0.3, -0.25) is 4.79 Å². The van der Waals surface area contributed by atoms with Crippen molar-refractivity contribution in [2.24, 2.45) is 5.73 Å². The molecule has 1 aromatic heterocycles. The molecule has 0 radical (unpaired) electrons. The lowest BCUT2D eigenvalue weighted by molar-refractivity contribution is -0.125. The third kappa shape index (κ3) is 2.77. The molecule has 0 saturated carbocycles. The van der Waals surface area contributed by atoms with Crippen LogP contribution in [0.5, 0.6) is 0 Å². The topological polar surface area (TPSA) is 88.5 Å². The van der Waals surface area contributed by atoms with Crippen molar-refractivity contribution in [2.75, 3.05) is 6.54 Å². The van der Waals surface area contributed by atoms with Crippen LogP contribution in [0.2, 0.25) is 0 Å². The molecule has 2 unspecified atom stereocenters. The molecule has 0 bridgehead atoms. The summed E-state index contributed by atoms with van der Waals surface area (Å²) in [5.74, 6) is 0.0684. The standard InChI is InChI=1S/C14H18N2O3/c1-8-10-5-3-4-6-12(10)19-13(8)9(2)16-7-11(17)14(15)18/h3-6,9,11,16-17H,7H2,1-2H3,(H2,15,18). The second-order valence-electron chi connectivity index (χ2n) is 4.64. The summed E-state index contributed by atoms with van der Waals surface area (Å²) in [5.41, 5.74) is 6.89. The number of hydrogen-bond donors (Lipinski definition) is 3. The summed E-state index contributed by atoms with van der Waals surface area (Å²) in [7, 11) is 0. The van der Waals surface area contributed by atoms with E-state index in [1.165, 1.54) is 0 Å². The Kier molecular flexibility index (Phi) is 3.87. The predicted octanol–water partition coefficient (Wildman–Crippen LogP) is 1.24. The molecule has 0 spiro atoms. The largest absolute Gasteiger partial charge is 0.459 e. The number of aliphatic hydroxyl groups excluding tert-OH is 1. The molecule has 1 heterocycles. The molecule has 5 heteroatoms. The van der Waals surface area contributed by atoms with Crippen molar-refractivity contribution < 1.29 is 14.3 Å². The molecule has 102 valence electrons. The Morgan fingerprint density at radius 2 is 2.16 bits per heavy atom. The number of carbonyl (C=O) groups is 1. The molecule has 4 N–H and O–H groups in total. The number of aryl methyl sites for hydroxylation is 1. The second kappa shape index (κ2) is 5.42. The van der Waals surface area contributed by atoms with Crippen LogP contribution in [0, 0.1) is 6.92 Å². The Morgan fingerprint density at radius 1 is 1.47 bits per heavy atom. The fraction of sp³-hybridized carbons (Fsp3) is 0.357. The van der Waals surface area contributed by atoms with E-state index in [0.717, 1.165) is 22.3 Å². The molecule has 19 heavy (non-hydrogen) atoms. The van der Waals surface area contributed by atoms with Gasteiger partial charge in [0.25, 0.3) is 0 Å². The highest BCUT2D eigenvalue weighted by Crippen LogP contribution is 2.28. The number of nitrogens with one attached hydrogen (secondary N) is 1. The van der Waals surface area contributed by atoms with Crippen molar-refractivity contribution in [1.82, 2.24) is 5.32 Å². The molecular formula is C14H18N2O3. The van der Waals surface area contributed by atoms with E-state index in [0.29, 0.717) is 0 Å². The van der Waals surface area contributed by atoms with E-state index < -0.39 is 12.0 Å². The quantitative estimate of drug-likeness (QED) is 0.756. The SMILES string of the molecule is Cc1c(C(C)NCC(O)C(N)=O)oc2ccccc12. The molecule has 2 rings (SSSR count). The number of benzene rings is 1. The lowest BCUT2D eigenvalue weighted by Gasteiger charge is -2.14.